The van der Waals surface area contributed by atoms with Crippen molar-refractivity contribution in [2.45, 2.75) is 19.5 Å². The summed E-state index contributed by atoms with van der Waals surface area (Å²) in [5, 5.41) is 10.7. The van der Waals surface area contributed by atoms with Crippen molar-refractivity contribution < 1.29 is 14.6 Å². The third kappa shape index (κ3) is 6.04. The first-order valence-corrected chi connectivity index (χ1v) is 7.48. The van der Waals surface area contributed by atoms with Crippen LogP contribution >= 0.6 is 11.3 Å². The van der Waals surface area contributed by atoms with Gasteiger partial charge in [-0.3, -0.25) is 4.90 Å². The lowest BCUT2D eigenvalue weighted by molar-refractivity contribution is 0.0711. The number of rotatable bonds is 8. The average Bonchev–Trinajstić information content (AvgIpc) is 2.89. The van der Waals surface area contributed by atoms with Crippen LogP contribution in [0.2, 0.25) is 0 Å². The van der Waals surface area contributed by atoms with E-state index >= 15 is 0 Å². The summed E-state index contributed by atoms with van der Waals surface area (Å²) in [6.07, 6.45) is 0. The molecule has 20 heavy (non-hydrogen) atoms. The number of nitrogens with zero attached hydrogens (tertiary/aromatic N) is 1. The molecule has 0 fully saturated rings. The predicted octanol–water partition coefficient (Wildman–Crippen LogP) is 1.58. The van der Waals surface area contributed by atoms with E-state index in [1.807, 2.05) is 5.38 Å². The van der Waals surface area contributed by atoms with Crippen molar-refractivity contribution in [2.24, 2.45) is 0 Å². The van der Waals surface area contributed by atoms with Crippen LogP contribution in [0.5, 0.6) is 0 Å². The molecule has 1 unspecified atom stereocenters. The summed E-state index contributed by atoms with van der Waals surface area (Å²) in [5.41, 5.74) is 0.963. The molecule has 1 aromatic rings. The SMILES string of the molecule is COCCN(Cc1cc(C#CCO)cs1)C(C)COC. The molecule has 0 saturated carbocycles. The molecule has 0 saturated heterocycles. The van der Waals surface area contributed by atoms with E-state index in [1.165, 1.54) is 4.88 Å². The van der Waals surface area contributed by atoms with Crippen molar-refractivity contribution in [3.05, 3.63) is 21.9 Å². The molecule has 1 N–H and O–H groups in total. The smallest absolute Gasteiger partial charge is 0.104 e. The van der Waals surface area contributed by atoms with Gasteiger partial charge in [0.1, 0.15) is 6.61 Å². The molecule has 4 nitrogen and oxygen atoms in total. The van der Waals surface area contributed by atoms with E-state index in [2.05, 4.69) is 29.7 Å². The Labute approximate surface area is 125 Å². The Morgan fingerprint density at radius 3 is 2.85 bits per heavy atom. The fourth-order valence-corrected chi connectivity index (χ4v) is 2.72. The Morgan fingerprint density at radius 2 is 2.20 bits per heavy atom. The molecule has 1 atom stereocenters. The Balaban J connectivity index is 2.65. The first-order valence-electron chi connectivity index (χ1n) is 6.60. The van der Waals surface area contributed by atoms with Crippen LogP contribution in [-0.2, 0) is 16.0 Å². The van der Waals surface area contributed by atoms with Gasteiger partial charge < -0.3 is 14.6 Å². The van der Waals surface area contributed by atoms with Gasteiger partial charge in [0.25, 0.3) is 0 Å². The standard InChI is InChI=1S/C15H23NO3S/c1-13(11-19-3)16(6-8-18-2)10-15-9-14(12-20-15)5-4-7-17/h9,12-13,17H,6-8,10-11H2,1-3H3. The quantitative estimate of drug-likeness (QED) is 0.740. The minimum atomic E-state index is -0.101. The molecule has 112 valence electrons. The first-order chi connectivity index (χ1) is 9.71. The fourth-order valence-electron chi connectivity index (χ4n) is 1.88. The zero-order valence-corrected chi connectivity index (χ0v) is 13.2. The van der Waals surface area contributed by atoms with Gasteiger partial charge in [-0.15, -0.1) is 11.3 Å². The second kappa shape index (κ2) is 9.92. The zero-order chi connectivity index (χ0) is 14.8. The predicted molar refractivity (Wildman–Crippen MR) is 81.9 cm³/mol. The first kappa shape index (κ1) is 17.2. The molecule has 0 spiro atoms. The summed E-state index contributed by atoms with van der Waals surface area (Å²) in [6, 6.07) is 2.41. The van der Waals surface area contributed by atoms with Crippen LogP contribution in [0, 0.1) is 11.8 Å². The molecule has 0 aliphatic carbocycles. The average molecular weight is 297 g/mol. The second-order valence-electron chi connectivity index (χ2n) is 4.53. The van der Waals surface area contributed by atoms with Crippen molar-refractivity contribution in [3.8, 4) is 11.8 Å². The molecule has 1 rings (SSSR count). The second-order valence-corrected chi connectivity index (χ2v) is 5.53. The highest BCUT2D eigenvalue weighted by Crippen LogP contribution is 2.17. The molecule has 1 heterocycles. The topological polar surface area (TPSA) is 41.9 Å². The van der Waals surface area contributed by atoms with E-state index in [-0.39, 0.29) is 6.61 Å². The van der Waals surface area contributed by atoms with Crippen LogP contribution in [0.4, 0.5) is 0 Å². The molecule has 0 amide bonds. The lowest BCUT2D eigenvalue weighted by Crippen LogP contribution is -2.37. The summed E-state index contributed by atoms with van der Waals surface area (Å²) < 4.78 is 10.4. The van der Waals surface area contributed by atoms with E-state index in [9.17, 15) is 0 Å². The number of methoxy groups -OCH3 is 2. The monoisotopic (exact) mass is 297 g/mol. The maximum absolute atomic E-state index is 8.70. The Kier molecular flexibility index (Phi) is 8.51. The summed E-state index contributed by atoms with van der Waals surface area (Å²) in [6.45, 7) is 5.19. The molecule has 1 aromatic heterocycles. The fraction of sp³-hybridized carbons (Fsp3) is 0.600. The van der Waals surface area contributed by atoms with Crippen molar-refractivity contribution in [1.29, 1.82) is 0 Å². The maximum Gasteiger partial charge on any atom is 0.104 e. The minimum absolute atomic E-state index is 0.101. The summed E-state index contributed by atoms with van der Waals surface area (Å²) in [4.78, 5) is 3.59. The van der Waals surface area contributed by atoms with Crippen molar-refractivity contribution in [1.82, 2.24) is 4.90 Å². The summed E-state index contributed by atoms with van der Waals surface area (Å²) in [7, 11) is 3.44. The van der Waals surface area contributed by atoms with Crippen molar-refractivity contribution >= 4 is 11.3 Å². The van der Waals surface area contributed by atoms with E-state index in [1.54, 1.807) is 25.6 Å². The van der Waals surface area contributed by atoms with Gasteiger partial charge in [0.15, 0.2) is 0 Å². The molecule has 0 aromatic carbocycles. The summed E-state index contributed by atoms with van der Waals surface area (Å²) in [5.74, 6) is 5.60. The normalized spacial score (nSPS) is 12.2. The van der Waals surface area contributed by atoms with Gasteiger partial charge in [-0.2, -0.15) is 0 Å². The van der Waals surface area contributed by atoms with Gasteiger partial charge in [0.05, 0.1) is 13.2 Å². The molecule has 0 radical (unpaired) electrons. The highest BCUT2D eigenvalue weighted by Gasteiger charge is 2.14. The van der Waals surface area contributed by atoms with Crippen LogP contribution in [-0.4, -0.2) is 56.6 Å². The lowest BCUT2D eigenvalue weighted by Gasteiger charge is -2.27. The van der Waals surface area contributed by atoms with Crippen LogP contribution in [0.3, 0.4) is 0 Å². The van der Waals surface area contributed by atoms with Crippen LogP contribution in [0.25, 0.3) is 0 Å². The van der Waals surface area contributed by atoms with Crippen molar-refractivity contribution in [2.75, 3.05) is 40.6 Å². The number of hydrogen-bond donors (Lipinski definition) is 1. The van der Waals surface area contributed by atoms with Crippen LogP contribution in [0.1, 0.15) is 17.4 Å². The largest absolute Gasteiger partial charge is 0.384 e. The third-order valence-corrected chi connectivity index (χ3v) is 3.86. The Bertz CT molecular complexity index is 436. The number of aliphatic hydroxyl groups excluding tert-OH is 1. The zero-order valence-electron chi connectivity index (χ0n) is 12.4. The van der Waals surface area contributed by atoms with Crippen LogP contribution < -0.4 is 0 Å². The third-order valence-electron chi connectivity index (χ3n) is 2.94. The molecule has 0 bridgehead atoms. The minimum Gasteiger partial charge on any atom is -0.384 e. The molecule has 0 aliphatic rings. The molecular formula is C15H23NO3S. The van der Waals surface area contributed by atoms with Gasteiger partial charge in [-0.1, -0.05) is 11.8 Å². The van der Waals surface area contributed by atoms with Gasteiger partial charge in [0.2, 0.25) is 0 Å². The number of thiophene rings is 1. The van der Waals surface area contributed by atoms with E-state index < -0.39 is 0 Å². The lowest BCUT2D eigenvalue weighted by atomic mass is 10.2. The highest BCUT2D eigenvalue weighted by molar-refractivity contribution is 7.10. The molecule has 5 heteroatoms. The van der Waals surface area contributed by atoms with E-state index in [0.29, 0.717) is 19.3 Å². The summed E-state index contributed by atoms with van der Waals surface area (Å²) >= 11 is 1.69. The van der Waals surface area contributed by atoms with E-state index in [4.69, 9.17) is 14.6 Å². The number of hydrogen-bond acceptors (Lipinski definition) is 5. The molecule has 0 aliphatic heterocycles. The number of aliphatic hydroxyl groups is 1. The van der Waals surface area contributed by atoms with Gasteiger partial charge in [-0.05, 0) is 13.0 Å². The Hall–Kier alpha value is -0.900. The number of ether oxygens (including phenoxy) is 2. The highest BCUT2D eigenvalue weighted by atomic mass is 32.1. The van der Waals surface area contributed by atoms with Gasteiger partial charge >= 0.3 is 0 Å². The molecular weight excluding hydrogens is 274 g/mol. The van der Waals surface area contributed by atoms with E-state index in [0.717, 1.165) is 18.7 Å². The van der Waals surface area contributed by atoms with Gasteiger partial charge in [-0.25, -0.2) is 0 Å². The maximum atomic E-state index is 8.70. The Morgan fingerprint density at radius 1 is 1.40 bits per heavy atom. The van der Waals surface area contributed by atoms with Crippen LogP contribution in [0.15, 0.2) is 11.4 Å². The van der Waals surface area contributed by atoms with Crippen molar-refractivity contribution in [3.63, 3.8) is 0 Å². The van der Waals surface area contributed by atoms with Gasteiger partial charge in [0, 0.05) is 49.2 Å².